The van der Waals surface area contributed by atoms with Crippen LogP contribution in [0.5, 0.6) is 0 Å². The van der Waals surface area contributed by atoms with Crippen LogP contribution in [0.3, 0.4) is 0 Å². The van der Waals surface area contributed by atoms with Crippen LogP contribution in [0.2, 0.25) is 0 Å². The van der Waals surface area contributed by atoms with Crippen molar-refractivity contribution in [3.8, 4) is 0 Å². The molecule has 1 heterocycles. The van der Waals surface area contributed by atoms with Gasteiger partial charge in [0.25, 0.3) is 0 Å². The summed E-state index contributed by atoms with van der Waals surface area (Å²) in [6.07, 6.45) is 5.11. The van der Waals surface area contributed by atoms with Crippen molar-refractivity contribution in [3.63, 3.8) is 0 Å². The predicted octanol–water partition coefficient (Wildman–Crippen LogP) is 2.48. The zero-order valence-electron chi connectivity index (χ0n) is 8.96. The molecule has 0 aliphatic rings. The van der Waals surface area contributed by atoms with E-state index in [9.17, 15) is 0 Å². The summed E-state index contributed by atoms with van der Waals surface area (Å²) in [5.41, 5.74) is 2.35. The third-order valence-electron chi connectivity index (χ3n) is 1.91. The standard InChI is InChI=1S/C12H18N2/c1-3-7-13-10-11(2)9-12-6-4-5-8-14-12/h4-6,8-9,13H,3,7,10H2,1-2H3. The van der Waals surface area contributed by atoms with Gasteiger partial charge in [0.2, 0.25) is 0 Å². The zero-order chi connectivity index (χ0) is 10.2. The van der Waals surface area contributed by atoms with Gasteiger partial charge in [-0.25, -0.2) is 0 Å². The van der Waals surface area contributed by atoms with Gasteiger partial charge in [0, 0.05) is 12.7 Å². The maximum atomic E-state index is 4.24. The minimum absolute atomic E-state index is 0.949. The van der Waals surface area contributed by atoms with E-state index in [0.29, 0.717) is 0 Å². The monoisotopic (exact) mass is 190 g/mol. The van der Waals surface area contributed by atoms with Gasteiger partial charge in [0.05, 0.1) is 5.69 Å². The van der Waals surface area contributed by atoms with Gasteiger partial charge < -0.3 is 5.32 Å². The first-order valence-corrected chi connectivity index (χ1v) is 5.12. The Morgan fingerprint density at radius 1 is 1.50 bits per heavy atom. The number of pyridine rings is 1. The first-order chi connectivity index (χ1) is 6.83. The summed E-state index contributed by atoms with van der Waals surface area (Å²) >= 11 is 0. The average Bonchev–Trinajstić information content (AvgIpc) is 2.20. The van der Waals surface area contributed by atoms with E-state index in [1.54, 1.807) is 0 Å². The van der Waals surface area contributed by atoms with Gasteiger partial charge in [0.15, 0.2) is 0 Å². The van der Waals surface area contributed by atoms with Crippen molar-refractivity contribution in [3.05, 3.63) is 35.7 Å². The average molecular weight is 190 g/mol. The molecular weight excluding hydrogens is 172 g/mol. The number of nitrogens with one attached hydrogen (secondary N) is 1. The third kappa shape index (κ3) is 4.19. The van der Waals surface area contributed by atoms with E-state index in [1.165, 1.54) is 12.0 Å². The summed E-state index contributed by atoms with van der Waals surface area (Å²) in [6, 6.07) is 5.96. The first kappa shape index (κ1) is 10.9. The van der Waals surface area contributed by atoms with Crippen LogP contribution in [0.1, 0.15) is 26.0 Å². The maximum absolute atomic E-state index is 4.24. The maximum Gasteiger partial charge on any atom is 0.0629 e. The zero-order valence-corrected chi connectivity index (χ0v) is 8.96. The van der Waals surface area contributed by atoms with Crippen LogP contribution in [-0.4, -0.2) is 18.1 Å². The van der Waals surface area contributed by atoms with Gasteiger partial charge in [-0.2, -0.15) is 0 Å². The second-order valence-corrected chi connectivity index (χ2v) is 3.42. The highest BCUT2D eigenvalue weighted by molar-refractivity contribution is 5.48. The van der Waals surface area contributed by atoms with Crippen molar-refractivity contribution >= 4 is 6.08 Å². The van der Waals surface area contributed by atoms with Crippen LogP contribution in [0.15, 0.2) is 30.0 Å². The second-order valence-electron chi connectivity index (χ2n) is 3.42. The van der Waals surface area contributed by atoms with Crippen LogP contribution in [0.4, 0.5) is 0 Å². The van der Waals surface area contributed by atoms with Gasteiger partial charge in [-0.3, -0.25) is 4.98 Å². The van der Waals surface area contributed by atoms with Crippen molar-refractivity contribution < 1.29 is 0 Å². The van der Waals surface area contributed by atoms with Crippen LogP contribution >= 0.6 is 0 Å². The molecule has 1 N–H and O–H groups in total. The third-order valence-corrected chi connectivity index (χ3v) is 1.91. The summed E-state index contributed by atoms with van der Waals surface area (Å²) in [5.74, 6) is 0. The normalized spacial score (nSPS) is 11.7. The fourth-order valence-electron chi connectivity index (χ4n) is 1.23. The Kier molecular flexibility index (Phi) is 4.94. The Morgan fingerprint density at radius 3 is 3.00 bits per heavy atom. The van der Waals surface area contributed by atoms with Crippen LogP contribution in [0, 0.1) is 0 Å². The lowest BCUT2D eigenvalue weighted by Gasteiger charge is -2.02. The van der Waals surface area contributed by atoms with Crippen LogP contribution < -0.4 is 5.32 Å². The smallest absolute Gasteiger partial charge is 0.0629 e. The quantitative estimate of drug-likeness (QED) is 0.721. The van der Waals surface area contributed by atoms with E-state index in [1.807, 2.05) is 24.4 Å². The topological polar surface area (TPSA) is 24.9 Å². The Morgan fingerprint density at radius 2 is 2.36 bits per heavy atom. The van der Waals surface area contributed by atoms with Crippen molar-refractivity contribution in [1.82, 2.24) is 10.3 Å². The molecule has 0 bridgehead atoms. The van der Waals surface area contributed by atoms with Crippen molar-refractivity contribution in [2.45, 2.75) is 20.3 Å². The van der Waals surface area contributed by atoms with Crippen molar-refractivity contribution in [1.29, 1.82) is 0 Å². The fraction of sp³-hybridized carbons (Fsp3) is 0.417. The molecule has 0 spiro atoms. The molecule has 0 aliphatic carbocycles. The summed E-state index contributed by atoms with van der Waals surface area (Å²) in [4.78, 5) is 4.24. The molecule has 2 nitrogen and oxygen atoms in total. The summed E-state index contributed by atoms with van der Waals surface area (Å²) in [5, 5.41) is 3.36. The van der Waals surface area contributed by atoms with Gasteiger partial charge >= 0.3 is 0 Å². The molecule has 0 unspecified atom stereocenters. The Balaban J connectivity index is 2.43. The Bertz CT molecular complexity index is 278. The highest BCUT2D eigenvalue weighted by Gasteiger charge is 1.91. The molecular formula is C12H18N2. The van der Waals surface area contributed by atoms with E-state index in [-0.39, 0.29) is 0 Å². The van der Waals surface area contributed by atoms with E-state index in [2.05, 4.69) is 30.2 Å². The molecule has 1 rings (SSSR count). The van der Waals surface area contributed by atoms with Gasteiger partial charge in [0.1, 0.15) is 0 Å². The van der Waals surface area contributed by atoms with Gasteiger partial charge in [-0.05, 0) is 38.1 Å². The molecule has 2 heteroatoms. The fourth-order valence-corrected chi connectivity index (χ4v) is 1.23. The first-order valence-electron chi connectivity index (χ1n) is 5.12. The molecule has 0 saturated heterocycles. The molecule has 0 amide bonds. The summed E-state index contributed by atoms with van der Waals surface area (Å²) in [6.45, 7) is 6.32. The molecule has 14 heavy (non-hydrogen) atoms. The number of nitrogens with zero attached hydrogens (tertiary/aromatic N) is 1. The molecule has 0 radical (unpaired) electrons. The van der Waals surface area contributed by atoms with E-state index in [4.69, 9.17) is 0 Å². The molecule has 1 aromatic rings. The number of aromatic nitrogens is 1. The minimum Gasteiger partial charge on any atom is -0.313 e. The molecule has 0 aliphatic heterocycles. The molecule has 0 atom stereocenters. The van der Waals surface area contributed by atoms with Crippen LogP contribution in [0.25, 0.3) is 6.08 Å². The molecule has 76 valence electrons. The van der Waals surface area contributed by atoms with E-state index in [0.717, 1.165) is 18.8 Å². The SMILES string of the molecule is CCCNCC(C)=Cc1ccccn1. The second kappa shape index (κ2) is 6.33. The van der Waals surface area contributed by atoms with E-state index < -0.39 is 0 Å². The molecule has 0 aromatic carbocycles. The summed E-state index contributed by atoms with van der Waals surface area (Å²) < 4.78 is 0. The minimum atomic E-state index is 0.949. The largest absolute Gasteiger partial charge is 0.313 e. The lowest BCUT2D eigenvalue weighted by molar-refractivity contribution is 0.715. The van der Waals surface area contributed by atoms with Gasteiger partial charge in [-0.1, -0.05) is 18.6 Å². The van der Waals surface area contributed by atoms with Crippen molar-refractivity contribution in [2.24, 2.45) is 0 Å². The Hall–Kier alpha value is -1.15. The van der Waals surface area contributed by atoms with Crippen molar-refractivity contribution in [2.75, 3.05) is 13.1 Å². The number of hydrogen-bond donors (Lipinski definition) is 1. The number of hydrogen-bond acceptors (Lipinski definition) is 2. The highest BCUT2D eigenvalue weighted by atomic mass is 14.8. The molecule has 0 saturated carbocycles. The highest BCUT2D eigenvalue weighted by Crippen LogP contribution is 2.01. The lowest BCUT2D eigenvalue weighted by Crippen LogP contribution is -2.16. The van der Waals surface area contributed by atoms with Gasteiger partial charge in [-0.15, -0.1) is 0 Å². The Labute approximate surface area is 86.1 Å². The number of rotatable bonds is 5. The molecule has 0 fully saturated rings. The van der Waals surface area contributed by atoms with Crippen LogP contribution in [-0.2, 0) is 0 Å². The predicted molar refractivity (Wildman–Crippen MR) is 61.0 cm³/mol. The lowest BCUT2D eigenvalue weighted by atomic mass is 10.2. The van der Waals surface area contributed by atoms with E-state index >= 15 is 0 Å². The molecule has 1 aromatic heterocycles. The summed E-state index contributed by atoms with van der Waals surface area (Å²) in [7, 11) is 0.